The van der Waals surface area contributed by atoms with E-state index in [0.717, 1.165) is 13.1 Å². The van der Waals surface area contributed by atoms with E-state index in [4.69, 9.17) is 12.2 Å². The van der Waals surface area contributed by atoms with Crippen LogP contribution < -0.4 is 0 Å². The van der Waals surface area contributed by atoms with Crippen molar-refractivity contribution in [3.8, 4) is 0 Å². The summed E-state index contributed by atoms with van der Waals surface area (Å²) in [6.45, 7) is 8.65. The highest BCUT2D eigenvalue weighted by molar-refractivity contribution is 8.10. The molecule has 10 heavy (non-hydrogen) atoms. The molecule has 0 saturated heterocycles. The standard InChI is InChI=1S/C7H11NS2/c1-3-5-8(6-4-2)7(9)10/h3-4H,1-2,5-6H2,(H,9,10). The van der Waals surface area contributed by atoms with E-state index in [1.54, 1.807) is 12.2 Å². The van der Waals surface area contributed by atoms with Gasteiger partial charge in [-0.1, -0.05) is 24.4 Å². The molecule has 0 saturated carbocycles. The molecule has 0 N–H and O–H groups in total. The van der Waals surface area contributed by atoms with Gasteiger partial charge in [0.15, 0.2) is 0 Å². The number of nitrogens with zero attached hydrogens (tertiary/aromatic N) is 1. The molecular formula is C7H11NS2. The van der Waals surface area contributed by atoms with E-state index >= 15 is 0 Å². The minimum Gasteiger partial charge on any atom is -0.350 e. The molecule has 0 bridgehead atoms. The average molecular weight is 173 g/mol. The van der Waals surface area contributed by atoms with Gasteiger partial charge in [0, 0.05) is 13.1 Å². The Bertz CT molecular complexity index is 133. The Morgan fingerprint density at radius 1 is 1.40 bits per heavy atom. The normalized spacial score (nSPS) is 8.50. The SMILES string of the molecule is C=CCN(CC=C)C(=S)S. The van der Waals surface area contributed by atoms with Crippen LogP contribution in [0.25, 0.3) is 0 Å². The number of rotatable bonds is 4. The van der Waals surface area contributed by atoms with Gasteiger partial charge in [-0.2, -0.15) is 0 Å². The highest BCUT2D eigenvalue weighted by Crippen LogP contribution is 1.95. The molecule has 0 unspecified atom stereocenters. The molecule has 0 spiro atoms. The topological polar surface area (TPSA) is 3.24 Å². The molecule has 0 aliphatic heterocycles. The van der Waals surface area contributed by atoms with Gasteiger partial charge < -0.3 is 4.90 Å². The monoisotopic (exact) mass is 173 g/mol. The minimum atomic E-state index is 0.583. The minimum absolute atomic E-state index is 0.583. The highest BCUT2D eigenvalue weighted by atomic mass is 32.1. The molecule has 0 rings (SSSR count). The van der Waals surface area contributed by atoms with Gasteiger partial charge in [-0.25, -0.2) is 0 Å². The highest BCUT2D eigenvalue weighted by Gasteiger charge is 1.98. The predicted octanol–water partition coefficient (Wildman–Crippen LogP) is 1.88. The molecule has 0 amide bonds. The zero-order valence-corrected chi connectivity index (χ0v) is 7.50. The molecule has 0 aromatic carbocycles. The second-order valence-electron chi connectivity index (χ2n) is 1.76. The largest absolute Gasteiger partial charge is 0.350 e. The third kappa shape index (κ3) is 3.69. The fourth-order valence-corrected chi connectivity index (χ4v) is 0.855. The van der Waals surface area contributed by atoms with Gasteiger partial charge in [0.05, 0.1) is 0 Å². The molecule has 0 fully saturated rings. The summed E-state index contributed by atoms with van der Waals surface area (Å²) in [6.07, 6.45) is 3.57. The van der Waals surface area contributed by atoms with Crippen molar-refractivity contribution in [2.45, 2.75) is 0 Å². The van der Waals surface area contributed by atoms with Crippen molar-refractivity contribution in [1.29, 1.82) is 0 Å². The predicted molar refractivity (Wildman–Crippen MR) is 53.6 cm³/mol. The van der Waals surface area contributed by atoms with Crippen molar-refractivity contribution in [2.24, 2.45) is 0 Å². The molecule has 1 nitrogen and oxygen atoms in total. The van der Waals surface area contributed by atoms with E-state index in [2.05, 4.69) is 25.8 Å². The Kier molecular flexibility index (Phi) is 5.35. The second-order valence-corrected chi connectivity index (χ2v) is 2.88. The van der Waals surface area contributed by atoms with Crippen molar-refractivity contribution >= 4 is 29.2 Å². The fourth-order valence-electron chi connectivity index (χ4n) is 0.542. The van der Waals surface area contributed by atoms with E-state index in [0.29, 0.717) is 4.32 Å². The molecule has 0 aliphatic rings. The van der Waals surface area contributed by atoms with Crippen LogP contribution in [-0.4, -0.2) is 22.3 Å². The molecule has 0 aromatic heterocycles. The summed E-state index contributed by atoms with van der Waals surface area (Å²) in [7, 11) is 0. The number of hydrogen-bond acceptors (Lipinski definition) is 1. The lowest BCUT2D eigenvalue weighted by Crippen LogP contribution is -2.25. The van der Waals surface area contributed by atoms with Crippen LogP contribution in [0.5, 0.6) is 0 Å². The average Bonchev–Trinajstić information content (AvgIpc) is 1.87. The van der Waals surface area contributed by atoms with Gasteiger partial charge in [0.25, 0.3) is 0 Å². The van der Waals surface area contributed by atoms with Gasteiger partial charge >= 0.3 is 0 Å². The maximum absolute atomic E-state index is 4.84. The first-order chi connectivity index (χ1) is 4.72. The van der Waals surface area contributed by atoms with Crippen LogP contribution in [0.2, 0.25) is 0 Å². The quantitative estimate of drug-likeness (QED) is 0.393. The third-order valence-electron chi connectivity index (χ3n) is 0.969. The summed E-state index contributed by atoms with van der Waals surface area (Å²) in [5.41, 5.74) is 0. The lowest BCUT2D eigenvalue weighted by Gasteiger charge is -2.17. The summed E-state index contributed by atoms with van der Waals surface area (Å²) in [6, 6.07) is 0. The maximum atomic E-state index is 4.84. The van der Waals surface area contributed by atoms with Crippen LogP contribution in [0.3, 0.4) is 0 Å². The van der Waals surface area contributed by atoms with Crippen molar-refractivity contribution < 1.29 is 0 Å². The number of thiol groups is 1. The first kappa shape index (κ1) is 9.72. The van der Waals surface area contributed by atoms with Crippen LogP contribution >= 0.6 is 24.8 Å². The summed E-state index contributed by atoms with van der Waals surface area (Å²) in [5.74, 6) is 0. The van der Waals surface area contributed by atoms with Crippen molar-refractivity contribution in [2.75, 3.05) is 13.1 Å². The Labute approximate surface area is 72.8 Å². The number of hydrogen-bond donors (Lipinski definition) is 1. The zero-order chi connectivity index (χ0) is 7.98. The van der Waals surface area contributed by atoms with E-state index < -0.39 is 0 Å². The lowest BCUT2D eigenvalue weighted by molar-refractivity contribution is 0.533. The van der Waals surface area contributed by atoms with Crippen LogP contribution in [0.15, 0.2) is 25.3 Å². The van der Waals surface area contributed by atoms with Crippen LogP contribution in [0.1, 0.15) is 0 Å². The maximum Gasteiger partial charge on any atom is 0.133 e. The number of thiocarbonyl (C=S) groups is 1. The fraction of sp³-hybridized carbons (Fsp3) is 0.286. The van der Waals surface area contributed by atoms with Gasteiger partial charge in [0.2, 0.25) is 0 Å². The summed E-state index contributed by atoms with van der Waals surface area (Å²) < 4.78 is 0.583. The molecule has 0 aliphatic carbocycles. The van der Waals surface area contributed by atoms with Gasteiger partial charge in [-0.3, -0.25) is 0 Å². The Balaban J connectivity index is 3.83. The van der Waals surface area contributed by atoms with E-state index in [1.807, 2.05) is 4.90 Å². The van der Waals surface area contributed by atoms with Crippen LogP contribution in [0.4, 0.5) is 0 Å². The molecule has 0 aromatic rings. The molecule has 56 valence electrons. The Morgan fingerprint density at radius 3 is 2.00 bits per heavy atom. The van der Waals surface area contributed by atoms with Crippen molar-refractivity contribution in [3.63, 3.8) is 0 Å². The van der Waals surface area contributed by atoms with Gasteiger partial charge in [-0.15, -0.1) is 25.8 Å². The lowest BCUT2D eigenvalue weighted by atomic mass is 10.5. The van der Waals surface area contributed by atoms with Crippen LogP contribution in [-0.2, 0) is 0 Å². The van der Waals surface area contributed by atoms with Gasteiger partial charge in [0.1, 0.15) is 4.32 Å². The third-order valence-corrected chi connectivity index (χ3v) is 1.51. The molecule has 0 radical (unpaired) electrons. The summed E-state index contributed by atoms with van der Waals surface area (Å²) in [4.78, 5) is 1.89. The molecule has 3 heteroatoms. The summed E-state index contributed by atoms with van der Waals surface area (Å²) >= 11 is 8.87. The zero-order valence-electron chi connectivity index (χ0n) is 5.79. The van der Waals surface area contributed by atoms with E-state index in [9.17, 15) is 0 Å². The smallest absolute Gasteiger partial charge is 0.133 e. The van der Waals surface area contributed by atoms with Crippen molar-refractivity contribution in [3.05, 3.63) is 25.3 Å². The second kappa shape index (κ2) is 5.50. The molecular weight excluding hydrogens is 162 g/mol. The van der Waals surface area contributed by atoms with Gasteiger partial charge in [-0.05, 0) is 0 Å². The first-order valence-electron chi connectivity index (χ1n) is 2.92. The molecule has 0 atom stereocenters. The molecule has 0 heterocycles. The van der Waals surface area contributed by atoms with Crippen molar-refractivity contribution in [1.82, 2.24) is 4.90 Å². The summed E-state index contributed by atoms with van der Waals surface area (Å²) in [5, 5.41) is 0. The Morgan fingerprint density at radius 2 is 1.80 bits per heavy atom. The van der Waals surface area contributed by atoms with E-state index in [1.165, 1.54) is 0 Å². The Hall–Kier alpha value is -0.280. The first-order valence-corrected chi connectivity index (χ1v) is 3.77. The van der Waals surface area contributed by atoms with E-state index in [-0.39, 0.29) is 0 Å². The van der Waals surface area contributed by atoms with Crippen LogP contribution in [0, 0.1) is 0 Å².